The Labute approximate surface area is 184 Å². The SMILES string of the molecule is CC1(C)Oc2ncnc(N)c2N=C1c1ccc([C@H]2CC[C@H](CN3CCCC3)CC2)cc1. The first-order valence-electron chi connectivity index (χ1n) is 11.7. The van der Waals surface area contributed by atoms with E-state index in [9.17, 15) is 0 Å². The maximum absolute atomic E-state index is 6.11. The van der Waals surface area contributed by atoms with Crippen LogP contribution in [0.2, 0.25) is 0 Å². The molecule has 2 fully saturated rings. The number of rotatable bonds is 4. The van der Waals surface area contributed by atoms with Crippen LogP contribution < -0.4 is 10.5 Å². The molecule has 1 saturated carbocycles. The van der Waals surface area contributed by atoms with E-state index < -0.39 is 5.60 Å². The normalized spacial score (nSPS) is 25.5. The zero-order valence-corrected chi connectivity index (χ0v) is 18.7. The van der Waals surface area contributed by atoms with Crippen LogP contribution in [0.15, 0.2) is 35.6 Å². The fourth-order valence-electron chi connectivity index (χ4n) is 5.43. The smallest absolute Gasteiger partial charge is 0.246 e. The molecule has 3 heterocycles. The van der Waals surface area contributed by atoms with E-state index in [1.807, 2.05) is 13.8 Å². The third kappa shape index (κ3) is 4.18. The molecule has 1 aromatic carbocycles. The number of hydrogen-bond donors (Lipinski definition) is 1. The van der Waals surface area contributed by atoms with Gasteiger partial charge < -0.3 is 15.4 Å². The number of aromatic nitrogens is 2. The second kappa shape index (κ2) is 8.23. The maximum Gasteiger partial charge on any atom is 0.246 e. The Bertz CT molecular complexity index is 954. The van der Waals surface area contributed by atoms with Gasteiger partial charge in [-0.25, -0.2) is 9.98 Å². The Morgan fingerprint density at radius 1 is 1.03 bits per heavy atom. The summed E-state index contributed by atoms with van der Waals surface area (Å²) in [5.41, 5.74) is 9.33. The molecule has 2 aliphatic heterocycles. The standard InChI is InChI=1S/C25H33N5O/c1-25(2)22(29-21-23(26)27-16-28-24(21)31-25)20-11-9-19(10-12-20)18-7-5-17(6-8-18)15-30-13-3-4-14-30/h9-12,16-18H,3-8,13-15H2,1-2H3,(H2,26,27,28)/t17-,18-. The molecule has 0 spiro atoms. The predicted molar refractivity (Wildman–Crippen MR) is 124 cm³/mol. The lowest BCUT2D eigenvalue weighted by Gasteiger charge is -2.33. The number of nitrogens with two attached hydrogens (primary N) is 1. The zero-order valence-electron chi connectivity index (χ0n) is 18.7. The van der Waals surface area contributed by atoms with Gasteiger partial charge in [0.15, 0.2) is 11.5 Å². The van der Waals surface area contributed by atoms with Crippen molar-refractivity contribution in [2.24, 2.45) is 10.9 Å². The fraction of sp³-hybridized carbons (Fsp3) is 0.560. The quantitative estimate of drug-likeness (QED) is 0.776. The number of ether oxygens (including phenoxy) is 1. The van der Waals surface area contributed by atoms with Crippen LogP contribution in [0.1, 0.15) is 69.4 Å². The summed E-state index contributed by atoms with van der Waals surface area (Å²) >= 11 is 0. The van der Waals surface area contributed by atoms with Crippen LogP contribution >= 0.6 is 0 Å². The van der Waals surface area contributed by atoms with Crippen molar-refractivity contribution in [1.82, 2.24) is 14.9 Å². The number of benzene rings is 1. The minimum absolute atomic E-state index is 0.348. The molecule has 5 rings (SSSR count). The van der Waals surface area contributed by atoms with Crippen LogP contribution in [-0.2, 0) is 0 Å². The van der Waals surface area contributed by atoms with Crippen LogP contribution in [0.4, 0.5) is 11.5 Å². The molecule has 164 valence electrons. The van der Waals surface area contributed by atoms with E-state index in [-0.39, 0.29) is 0 Å². The van der Waals surface area contributed by atoms with Gasteiger partial charge in [-0.3, -0.25) is 0 Å². The number of hydrogen-bond acceptors (Lipinski definition) is 6. The highest BCUT2D eigenvalue weighted by Gasteiger charge is 2.35. The number of nitrogen functional groups attached to an aromatic ring is 1. The molecule has 6 nitrogen and oxygen atoms in total. The molecule has 0 radical (unpaired) electrons. The molecule has 2 N–H and O–H groups in total. The van der Waals surface area contributed by atoms with Crippen molar-refractivity contribution in [3.63, 3.8) is 0 Å². The van der Waals surface area contributed by atoms with Crippen LogP contribution in [0.5, 0.6) is 5.88 Å². The van der Waals surface area contributed by atoms with Gasteiger partial charge in [0.05, 0.1) is 5.71 Å². The number of likely N-dealkylation sites (tertiary alicyclic amines) is 1. The Balaban J connectivity index is 1.28. The summed E-state index contributed by atoms with van der Waals surface area (Å²) in [6.45, 7) is 7.97. The second-order valence-electron chi connectivity index (χ2n) is 9.83. The molecule has 3 aliphatic rings. The minimum Gasteiger partial charge on any atom is -0.463 e. The highest BCUT2D eigenvalue weighted by Crippen LogP contribution is 2.40. The van der Waals surface area contributed by atoms with Crippen molar-refractivity contribution in [1.29, 1.82) is 0 Å². The van der Waals surface area contributed by atoms with Crippen LogP contribution in [-0.4, -0.2) is 45.8 Å². The fourth-order valence-corrected chi connectivity index (χ4v) is 5.43. The molecule has 0 amide bonds. The van der Waals surface area contributed by atoms with Gasteiger partial charge >= 0.3 is 0 Å². The topological polar surface area (TPSA) is 76.6 Å². The van der Waals surface area contributed by atoms with E-state index in [0.717, 1.165) is 17.2 Å². The summed E-state index contributed by atoms with van der Waals surface area (Å²) in [5, 5.41) is 0. The number of anilines is 1. The molecule has 0 bridgehead atoms. The summed E-state index contributed by atoms with van der Waals surface area (Å²) < 4.78 is 6.11. The molecule has 6 heteroatoms. The van der Waals surface area contributed by atoms with Gasteiger partial charge in [-0.15, -0.1) is 0 Å². The number of fused-ring (bicyclic) bond motifs is 1. The second-order valence-corrected chi connectivity index (χ2v) is 9.83. The lowest BCUT2D eigenvalue weighted by Crippen LogP contribution is -2.41. The highest BCUT2D eigenvalue weighted by atomic mass is 16.5. The summed E-state index contributed by atoms with van der Waals surface area (Å²) in [5.74, 6) is 2.35. The van der Waals surface area contributed by atoms with E-state index in [1.54, 1.807) is 0 Å². The van der Waals surface area contributed by atoms with E-state index in [0.29, 0.717) is 23.3 Å². The molecule has 31 heavy (non-hydrogen) atoms. The van der Waals surface area contributed by atoms with Crippen molar-refractivity contribution in [3.8, 4) is 5.88 Å². The van der Waals surface area contributed by atoms with Crippen molar-refractivity contribution in [2.75, 3.05) is 25.4 Å². The Kier molecular flexibility index (Phi) is 5.42. The molecule has 2 aromatic rings. The van der Waals surface area contributed by atoms with Gasteiger partial charge in [-0.1, -0.05) is 24.3 Å². The monoisotopic (exact) mass is 419 g/mol. The lowest BCUT2D eigenvalue weighted by atomic mass is 9.78. The molecule has 0 atom stereocenters. The highest BCUT2D eigenvalue weighted by molar-refractivity contribution is 6.09. The van der Waals surface area contributed by atoms with E-state index >= 15 is 0 Å². The van der Waals surface area contributed by atoms with E-state index in [2.05, 4.69) is 39.1 Å². The molecule has 1 aliphatic carbocycles. The Hall–Kier alpha value is -2.47. The van der Waals surface area contributed by atoms with Gasteiger partial charge in [0.2, 0.25) is 5.88 Å². The van der Waals surface area contributed by atoms with Gasteiger partial charge in [0, 0.05) is 12.1 Å². The molecular formula is C25H33N5O. The average Bonchev–Trinajstić information content (AvgIpc) is 3.27. The van der Waals surface area contributed by atoms with Crippen molar-refractivity contribution in [2.45, 2.75) is 63.9 Å². The lowest BCUT2D eigenvalue weighted by molar-refractivity contribution is 0.171. The summed E-state index contributed by atoms with van der Waals surface area (Å²) in [4.78, 5) is 15.7. The molecule has 0 unspecified atom stereocenters. The first-order valence-corrected chi connectivity index (χ1v) is 11.7. The van der Waals surface area contributed by atoms with Crippen molar-refractivity contribution in [3.05, 3.63) is 41.7 Å². The number of aliphatic imine (C=N–C) groups is 1. The van der Waals surface area contributed by atoms with E-state index in [4.69, 9.17) is 15.5 Å². The first-order chi connectivity index (χ1) is 15.0. The predicted octanol–water partition coefficient (Wildman–Crippen LogP) is 4.72. The maximum atomic E-state index is 6.11. The first kappa shape index (κ1) is 20.4. The Morgan fingerprint density at radius 3 is 2.45 bits per heavy atom. The van der Waals surface area contributed by atoms with Crippen LogP contribution in [0.25, 0.3) is 0 Å². The average molecular weight is 420 g/mol. The zero-order chi connectivity index (χ0) is 21.4. The van der Waals surface area contributed by atoms with Crippen LogP contribution in [0.3, 0.4) is 0 Å². The summed E-state index contributed by atoms with van der Waals surface area (Å²) in [7, 11) is 0. The van der Waals surface area contributed by atoms with Gasteiger partial charge in [0.25, 0.3) is 0 Å². The van der Waals surface area contributed by atoms with Gasteiger partial charge in [-0.2, -0.15) is 4.98 Å². The molecule has 1 saturated heterocycles. The van der Waals surface area contributed by atoms with E-state index in [1.165, 1.54) is 70.0 Å². The molecule has 1 aromatic heterocycles. The van der Waals surface area contributed by atoms with Crippen molar-refractivity contribution < 1.29 is 4.74 Å². The van der Waals surface area contributed by atoms with Crippen molar-refractivity contribution >= 4 is 17.2 Å². The third-order valence-corrected chi connectivity index (χ3v) is 7.18. The largest absolute Gasteiger partial charge is 0.463 e. The summed E-state index contributed by atoms with van der Waals surface area (Å²) in [6.07, 6.45) is 9.50. The third-order valence-electron chi connectivity index (χ3n) is 7.18. The number of nitrogens with zero attached hydrogens (tertiary/aromatic N) is 4. The van der Waals surface area contributed by atoms with Crippen LogP contribution in [0, 0.1) is 5.92 Å². The van der Waals surface area contributed by atoms with Gasteiger partial charge in [0.1, 0.15) is 11.9 Å². The molecular weight excluding hydrogens is 386 g/mol. The Morgan fingerprint density at radius 2 is 1.74 bits per heavy atom. The minimum atomic E-state index is -0.580. The summed E-state index contributed by atoms with van der Waals surface area (Å²) in [6, 6.07) is 8.92. The van der Waals surface area contributed by atoms with Gasteiger partial charge in [-0.05, 0) is 82.9 Å².